The normalized spacial score (nSPS) is 11.8. The van der Waals surface area contributed by atoms with Crippen molar-refractivity contribution in [2.24, 2.45) is 0 Å². The van der Waals surface area contributed by atoms with Gasteiger partial charge >= 0.3 is 6.30 Å². The number of nitrogens with zero attached hydrogens (tertiary/aromatic N) is 2. The summed E-state index contributed by atoms with van der Waals surface area (Å²) in [6, 6.07) is 7.40. The van der Waals surface area contributed by atoms with Gasteiger partial charge in [0.1, 0.15) is 0 Å². The molecule has 0 bridgehead atoms. The Kier molecular flexibility index (Phi) is 3.59. The van der Waals surface area contributed by atoms with Gasteiger partial charge in [0.25, 0.3) is 5.91 Å². The molecule has 5 nitrogen and oxygen atoms in total. The topological polar surface area (TPSA) is 60.1 Å². The highest BCUT2D eigenvalue weighted by Crippen LogP contribution is 2.28. The van der Waals surface area contributed by atoms with Gasteiger partial charge < -0.3 is 9.84 Å². The minimum atomic E-state index is -4.46. The van der Waals surface area contributed by atoms with Crippen molar-refractivity contribution in [3.8, 4) is 0 Å². The van der Waals surface area contributed by atoms with Crippen molar-refractivity contribution in [1.29, 1.82) is 0 Å². The number of rotatable bonds is 3. The molecule has 2 aromatic heterocycles. The van der Waals surface area contributed by atoms with Gasteiger partial charge in [-0.1, -0.05) is 11.2 Å². The summed E-state index contributed by atoms with van der Waals surface area (Å²) in [5, 5.41) is 6.69. The van der Waals surface area contributed by atoms with Crippen LogP contribution in [0.25, 0.3) is 10.9 Å². The number of benzene rings is 1. The molecule has 0 aliphatic carbocycles. The van der Waals surface area contributed by atoms with E-state index in [0.29, 0.717) is 16.6 Å². The van der Waals surface area contributed by atoms with Gasteiger partial charge in [0, 0.05) is 24.2 Å². The predicted octanol–water partition coefficient (Wildman–Crippen LogP) is 3.34. The highest BCUT2D eigenvalue weighted by molar-refractivity contribution is 5.91. The molecule has 3 aromatic rings. The summed E-state index contributed by atoms with van der Waals surface area (Å²) in [6.45, 7) is 1.87. The molecule has 8 heteroatoms. The molecule has 0 saturated carbocycles. The fraction of sp³-hybridized carbons (Fsp3) is 0.200. The SMILES string of the molecule is Cc1cc(C(=O)NCc2ccc3c(ccn3C(F)(F)F)c2)on1. The highest BCUT2D eigenvalue weighted by Gasteiger charge is 2.31. The number of hydrogen-bond donors (Lipinski definition) is 1. The molecule has 23 heavy (non-hydrogen) atoms. The third-order valence-electron chi connectivity index (χ3n) is 3.33. The van der Waals surface area contributed by atoms with E-state index in [2.05, 4.69) is 10.5 Å². The van der Waals surface area contributed by atoms with Gasteiger partial charge in [-0.05, 0) is 30.7 Å². The number of hydrogen-bond acceptors (Lipinski definition) is 3. The molecule has 0 fully saturated rings. The lowest BCUT2D eigenvalue weighted by Crippen LogP contribution is -2.22. The average molecular weight is 323 g/mol. The summed E-state index contributed by atoms with van der Waals surface area (Å²) in [6.07, 6.45) is -3.48. The van der Waals surface area contributed by atoms with E-state index in [1.165, 1.54) is 24.3 Å². The Morgan fingerprint density at radius 3 is 2.74 bits per heavy atom. The van der Waals surface area contributed by atoms with Crippen LogP contribution in [-0.4, -0.2) is 15.6 Å². The minimum absolute atomic E-state index is 0.0680. The first-order valence-corrected chi connectivity index (χ1v) is 6.73. The number of carbonyl (C=O) groups excluding carboxylic acids is 1. The molecular weight excluding hydrogens is 311 g/mol. The molecule has 1 amide bonds. The second-order valence-electron chi connectivity index (χ2n) is 5.06. The zero-order valence-electron chi connectivity index (χ0n) is 12.0. The van der Waals surface area contributed by atoms with Crippen LogP contribution in [0.2, 0.25) is 0 Å². The van der Waals surface area contributed by atoms with Crippen LogP contribution in [0.15, 0.2) is 41.1 Å². The van der Waals surface area contributed by atoms with Crippen LogP contribution in [0.3, 0.4) is 0 Å². The van der Waals surface area contributed by atoms with Crippen molar-refractivity contribution in [1.82, 2.24) is 15.0 Å². The van der Waals surface area contributed by atoms with Crippen molar-refractivity contribution in [3.05, 3.63) is 53.5 Å². The molecule has 0 unspecified atom stereocenters. The van der Waals surface area contributed by atoms with Gasteiger partial charge in [-0.2, -0.15) is 0 Å². The van der Waals surface area contributed by atoms with E-state index < -0.39 is 12.2 Å². The van der Waals surface area contributed by atoms with Crippen LogP contribution in [0.1, 0.15) is 21.8 Å². The monoisotopic (exact) mass is 323 g/mol. The van der Waals surface area contributed by atoms with E-state index in [9.17, 15) is 18.0 Å². The third kappa shape index (κ3) is 3.05. The van der Waals surface area contributed by atoms with E-state index in [4.69, 9.17) is 4.52 Å². The number of halogens is 3. The van der Waals surface area contributed by atoms with Crippen molar-refractivity contribution in [2.45, 2.75) is 19.8 Å². The summed E-state index contributed by atoms with van der Waals surface area (Å²) in [5.74, 6) is -0.342. The van der Waals surface area contributed by atoms with Gasteiger partial charge in [-0.15, -0.1) is 13.2 Å². The van der Waals surface area contributed by atoms with E-state index in [-0.39, 0.29) is 22.4 Å². The molecule has 1 aromatic carbocycles. The summed E-state index contributed by atoms with van der Waals surface area (Å²) < 4.78 is 43.4. The maximum atomic E-state index is 12.8. The van der Waals surface area contributed by atoms with Crippen LogP contribution in [-0.2, 0) is 12.8 Å². The lowest BCUT2D eigenvalue weighted by Gasteiger charge is -2.09. The van der Waals surface area contributed by atoms with Crippen molar-refractivity contribution >= 4 is 16.8 Å². The minimum Gasteiger partial charge on any atom is -0.351 e. The van der Waals surface area contributed by atoms with E-state index in [1.807, 2.05) is 0 Å². The third-order valence-corrected chi connectivity index (χ3v) is 3.33. The Labute approximate surface area is 128 Å². The van der Waals surface area contributed by atoms with Gasteiger partial charge in [-0.25, -0.2) is 0 Å². The number of fused-ring (bicyclic) bond motifs is 1. The van der Waals surface area contributed by atoms with Crippen LogP contribution in [0.4, 0.5) is 13.2 Å². The second kappa shape index (κ2) is 5.45. The Hall–Kier alpha value is -2.77. The van der Waals surface area contributed by atoms with Crippen LogP contribution >= 0.6 is 0 Å². The lowest BCUT2D eigenvalue weighted by atomic mass is 10.1. The Bertz CT molecular complexity index is 864. The molecule has 0 aliphatic heterocycles. The summed E-state index contributed by atoms with van der Waals surface area (Å²) in [7, 11) is 0. The molecule has 0 saturated heterocycles. The predicted molar refractivity (Wildman–Crippen MR) is 75.6 cm³/mol. The molecule has 0 aliphatic rings. The summed E-state index contributed by atoms with van der Waals surface area (Å²) in [4.78, 5) is 11.8. The zero-order valence-corrected chi connectivity index (χ0v) is 12.0. The Morgan fingerprint density at radius 1 is 1.30 bits per heavy atom. The van der Waals surface area contributed by atoms with E-state index in [1.54, 1.807) is 13.0 Å². The zero-order chi connectivity index (χ0) is 16.6. The first kappa shape index (κ1) is 15.1. The average Bonchev–Trinajstić information content (AvgIpc) is 3.09. The van der Waals surface area contributed by atoms with Gasteiger partial charge in [0.15, 0.2) is 0 Å². The van der Waals surface area contributed by atoms with Gasteiger partial charge in [0.2, 0.25) is 5.76 Å². The number of amides is 1. The maximum Gasteiger partial charge on any atom is 0.488 e. The Morgan fingerprint density at radius 2 is 2.09 bits per heavy atom. The van der Waals surface area contributed by atoms with Crippen LogP contribution in [0.5, 0.6) is 0 Å². The van der Waals surface area contributed by atoms with E-state index >= 15 is 0 Å². The second-order valence-corrected chi connectivity index (χ2v) is 5.06. The first-order valence-electron chi connectivity index (χ1n) is 6.73. The lowest BCUT2D eigenvalue weighted by molar-refractivity contribution is -0.200. The van der Waals surface area contributed by atoms with Gasteiger partial charge in [0.05, 0.1) is 11.2 Å². The van der Waals surface area contributed by atoms with Gasteiger partial charge in [-0.3, -0.25) is 9.36 Å². The van der Waals surface area contributed by atoms with Crippen LogP contribution < -0.4 is 5.32 Å². The van der Waals surface area contributed by atoms with Crippen molar-refractivity contribution in [3.63, 3.8) is 0 Å². The number of alkyl halides is 3. The summed E-state index contributed by atoms with van der Waals surface area (Å²) >= 11 is 0. The summed E-state index contributed by atoms with van der Waals surface area (Å²) in [5.41, 5.74) is 1.34. The van der Waals surface area contributed by atoms with Crippen molar-refractivity contribution < 1.29 is 22.5 Å². The van der Waals surface area contributed by atoms with Crippen LogP contribution in [0, 0.1) is 6.92 Å². The fourth-order valence-electron chi connectivity index (χ4n) is 2.26. The number of carbonyl (C=O) groups is 1. The van der Waals surface area contributed by atoms with Crippen molar-refractivity contribution in [2.75, 3.05) is 0 Å². The smallest absolute Gasteiger partial charge is 0.351 e. The molecule has 120 valence electrons. The quantitative estimate of drug-likeness (QED) is 0.804. The molecule has 0 spiro atoms. The largest absolute Gasteiger partial charge is 0.488 e. The number of aromatic nitrogens is 2. The van der Waals surface area contributed by atoms with E-state index in [0.717, 1.165) is 6.20 Å². The molecule has 0 radical (unpaired) electrons. The molecule has 2 heterocycles. The molecule has 3 rings (SSSR count). The molecular formula is C15H12F3N3O2. The number of nitrogens with one attached hydrogen (secondary N) is 1. The standard InChI is InChI=1S/C15H12F3N3O2/c1-9-6-13(23-20-9)14(22)19-8-10-2-3-12-11(7-10)4-5-21(12)15(16,17)18/h2-7H,8H2,1H3,(H,19,22). The first-order chi connectivity index (χ1) is 10.8. The molecule has 0 atom stereocenters. The molecule has 1 N–H and O–H groups in total. The Balaban J connectivity index is 1.75. The highest BCUT2D eigenvalue weighted by atomic mass is 19.4. The number of aryl methyl sites for hydroxylation is 1. The maximum absolute atomic E-state index is 12.8. The fourth-order valence-corrected chi connectivity index (χ4v) is 2.26.